The Morgan fingerprint density at radius 1 is 1.00 bits per heavy atom. The second kappa shape index (κ2) is 5.69. The van der Waals surface area contributed by atoms with Crippen LogP contribution in [0.4, 0.5) is 0 Å². The van der Waals surface area contributed by atoms with Gasteiger partial charge >= 0.3 is 0 Å². The lowest BCUT2D eigenvalue weighted by molar-refractivity contribution is 0.266. The SMILES string of the molecule is O=NN(Cc1cccnc1)Cc1cccnc1. The predicted molar refractivity (Wildman–Crippen MR) is 63.5 cm³/mol. The maximum absolute atomic E-state index is 10.7. The van der Waals surface area contributed by atoms with Crippen LogP contribution in [0.3, 0.4) is 0 Å². The van der Waals surface area contributed by atoms with E-state index in [9.17, 15) is 4.91 Å². The Bertz CT molecular complexity index is 419. The summed E-state index contributed by atoms with van der Waals surface area (Å²) in [5, 5.41) is 4.44. The third-order valence-corrected chi connectivity index (χ3v) is 2.29. The van der Waals surface area contributed by atoms with Crippen molar-refractivity contribution >= 4 is 0 Å². The van der Waals surface area contributed by atoms with Gasteiger partial charge in [-0.05, 0) is 23.3 Å². The van der Waals surface area contributed by atoms with Crippen molar-refractivity contribution in [3.8, 4) is 0 Å². The van der Waals surface area contributed by atoms with E-state index < -0.39 is 0 Å². The molecule has 2 rings (SSSR count). The van der Waals surface area contributed by atoms with Crippen molar-refractivity contribution in [2.75, 3.05) is 0 Å². The first-order valence-corrected chi connectivity index (χ1v) is 5.24. The lowest BCUT2D eigenvalue weighted by Crippen LogP contribution is -2.15. The lowest BCUT2D eigenvalue weighted by Gasteiger charge is -2.14. The van der Waals surface area contributed by atoms with Crippen LogP contribution in [-0.2, 0) is 13.1 Å². The van der Waals surface area contributed by atoms with E-state index in [4.69, 9.17) is 0 Å². The van der Waals surface area contributed by atoms with Gasteiger partial charge in [-0.1, -0.05) is 12.1 Å². The summed E-state index contributed by atoms with van der Waals surface area (Å²) >= 11 is 0. The maximum Gasteiger partial charge on any atom is 0.0661 e. The zero-order valence-electron chi connectivity index (χ0n) is 9.23. The molecular weight excluding hydrogens is 216 g/mol. The highest BCUT2D eigenvalue weighted by atomic mass is 16.3. The lowest BCUT2D eigenvalue weighted by atomic mass is 10.2. The Hall–Kier alpha value is -2.30. The second-order valence-corrected chi connectivity index (χ2v) is 3.63. The number of hydrogen-bond acceptors (Lipinski definition) is 4. The highest BCUT2D eigenvalue weighted by Crippen LogP contribution is 2.08. The number of rotatable bonds is 5. The van der Waals surface area contributed by atoms with E-state index in [0.29, 0.717) is 13.1 Å². The van der Waals surface area contributed by atoms with Crippen molar-refractivity contribution in [1.29, 1.82) is 0 Å². The topological polar surface area (TPSA) is 58.5 Å². The molecule has 0 unspecified atom stereocenters. The summed E-state index contributed by atoms with van der Waals surface area (Å²) in [6, 6.07) is 7.49. The largest absolute Gasteiger partial charge is 0.264 e. The highest BCUT2D eigenvalue weighted by molar-refractivity contribution is 5.10. The summed E-state index contributed by atoms with van der Waals surface area (Å²) in [6.45, 7) is 0.901. The minimum absolute atomic E-state index is 0.451. The maximum atomic E-state index is 10.7. The predicted octanol–water partition coefficient (Wildman–Crippen LogP) is 2.16. The molecule has 17 heavy (non-hydrogen) atoms. The minimum atomic E-state index is 0.451. The minimum Gasteiger partial charge on any atom is -0.264 e. The van der Waals surface area contributed by atoms with E-state index in [-0.39, 0.29) is 0 Å². The number of aromatic nitrogens is 2. The van der Waals surface area contributed by atoms with Gasteiger partial charge in [0.05, 0.1) is 18.4 Å². The number of hydrogen-bond donors (Lipinski definition) is 0. The molecule has 0 atom stereocenters. The van der Waals surface area contributed by atoms with Crippen LogP contribution in [0, 0.1) is 4.91 Å². The molecule has 0 fully saturated rings. The summed E-state index contributed by atoms with van der Waals surface area (Å²) in [4.78, 5) is 18.7. The fraction of sp³-hybridized carbons (Fsp3) is 0.167. The Kier molecular flexibility index (Phi) is 3.75. The molecule has 0 aliphatic carbocycles. The molecule has 2 aromatic heterocycles. The Balaban J connectivity index is 2.01. The molecule has 0 aliphatic rings. The third-order valence-electron chi connectivity index (χ3n) is 2.29. The van der Waals surface area contributed by atoms with Gasteiger partial charge in [-0.2, -0.15) is 0 Å². The summed E-state index contributed by atoms with van der Waals surface area (Å²) in [5.74, 6) is 0. The van der Waals surface area contributed by atoms with Gasteiger partial charge in [-0.15, -0.1) is 4.91 Å². The van der Waals surface area contributed by atoms with Crippen molar-refractivity contribution in [1.82, 2.24) is 15.0 Å². The zero-order chi connectivity index (χ0) is 11.9. The number of pyridine rings is 2. The first-order valence-electron chi connectivity index (χ1n) is 5.24. The van der Waals surface area contributed by atoms with Crippen LogP contribution in [0.25, 0.3) is 0 Å². The molecule has 5 nitrogen and oxygen atoms in total. The Morgan fingerprint density at radius 2 is 1.53 bits per heavy atom. The van der Waals surface area contributed by atoms with Crippen LogP contribution in [0.2, 0.25) is 0 Å². The standard InChI is InChI=1S/C12H12N4O/c17-15-16(9-11-3-1-5-13-7-11)10-12-4-2-6-14-8-12/h1-8H,9-10H2. The molecule has 0 aromatic carbocycles. The van der Waals surface area contributed by atoms with E-state index in [1.54, 1.807) is 24.8 Å². The quantitative estimate of drug-likeness (QED) is 0.581. The van der Waals surface area contributed by atoms with Gasteiger partial charge in [-0.25, -0.2) is 0 Å². The van der Waals surface area contributed by atoms with Crippen molar-refractivity contribution in [3.05, 3.63) is 65.1 Å². The van der Waals surface area contributed by atoms with E-state index in [1.807, 2.05) is 24.3 Å². The van der Waals surface area contributed by atoms with Crippen LogP contribution in [-0.4, -0.2) is 15.0 Å². The van der Waals surface area contributed by atoms with Crippen LogP contribution in [0.5, 0.6) is 0 Å². The first-order chi connectivity index (χ1) is 8.38. The van der Waals surface area contributed by atoms with Gasteiger partial charge < -0.3 is 0 Å². The highest BCUT2D eigenvalue weighted by Gasteiger charge is 2.05. The number of nitrogens with zero attached hydrogens (tertiary/aromatic N) is 4. The fourth-order valence-electron chi connectivity index (χ4n) is 1.52. The second-order valence-electron chi connectivity index (χ2n) is 3.63. The molecule has 86 valence electrons. The Morgan fingerprint density at radius 3 is 1.88 bits per heavy atom. The van der Waals surface area contributed by atoms with Gasteiger partial charge in [-0.3, -0.25) is 15.0 Å². The monoisotopic (exact) mass is 228 g/mol. The van der Waals surface area contributed by atoms with E-state index in [0.717, 1.165) is 11.1 Å². The smallest absolute Gasteiger partial charge is 0.0661 e. The van der Waals surface area contributed by atoms with Crippen molar-refractivity contribution in [2.24, 2.45) is 5.29 Å². The molecule has 0 saturated heterocycles. The van der Waals surface area contributed by atoms with Crippen LogP contribution in [0.15, 0.2) is 54.3 Å². The summed E-state index contributed by atoms with van der Waals surface area (Å²) < 4.78 is 0. The van der Waals surface area contributed by atoms with Crippen molar-refractivity contribution in [3.63, 3.8) is 0 Å². The normalized spacial score (nSPS) is 9.88. The average molecular weight is 228 g/mol. The molecule has 2 aromatic rings. The van der Waals surface area contributed by atoms with Gasteiger partial charge in [0, 0.05) is 24.8 Å². The van der Waals surface area contributed by atoms with Crippen LogP contribution < -0.4 is 0 Å². The molecule has 0 amide bonds. The summed E-state index contributed by atoms with van der Waals surface area (Å²) in [7, 11) is 0. The van der Waals surface area contributed by atoms with Gasteiger partial charge in [0.15, 0.2) is 0 Å². The molecular formula is C12H12N4O. The average Bonchev–Trinajstić information content (AvgIpc) is 2.40. The van der Waals surface area contributed by atoms with E-state index >= 15 is 0 Å². The number of nitroso groups, excluding NO2 is 1. The zero-order valence-corrected chi connectivity index (χ0v) is 9.23. The van der Waals surface area contributed by atoms with Gasteiger partial charge in [0.2, 0.25) is 0 Å². The molecule has 0 N–H and O–H groups in total. The molecule has 0 bridgehead atoms. The third kappa shape index (κ3) is 3.34. The summed E-state index contributed by atoms with van der Waals surface area (Å²) in [5.41, 5.74) is 1.91. The van der Waals surface area contributed by atoms with Gasteiger partial charge in [0.1, 0.15) is 0 Å². The van der Waals surface area contributed by atoms with Crippen molar-refractivity contribution in [2.45, 2.75) is 13.1 Å². The van der Waals surface area contributed by atoms with E-state index in [2.05, 4.69) is 15.3 Å². The Labute approximate surface area is 99.1 Å². The fourth-order valence-corrected chi connectivity index (χ4v) is 1.52. The van der Waals surface area contributed by atoms with Crippen molar-refractivity contribution < 1.29 is 0 Å². The van der Waals surface area contributed by atoms with Gasteiger partial charge in [0.25, 0.3) is 0 Å². The molecule has 0 radical (unpaired) electrons. The molecule has 0 aliphatic heterocycles. The van der Waals surface area contributed by atoms with Crippen LogP contribution in [0.1, 0.15) is 11.1 Å². The van der Waals surface area contributed by atoms with Crippen LogP contribution >= 0.6 is 0 Å². The molecule has 5 heteroatoms. The molecule has 2 heterocycles. The van der Waals surface area contributed by atoms with E-state index in [1.165, 1.54) is 5.01 Å². The summed E-state index contributed by atoms with van der Waals surface area (Å²) in [6.07, 6.45) is 6.84. The molecule has 0 spiro atoms. The first kappa shape index (κ1) is 11.2. The molecule has 0 saturated carbocycles.